The minimum atomic E-state index is -0.622. The van der Waals surface area contributed by atoms with Crippen LogP contribution in [0.2, 0.25) is 0 Å². The van der Waals surface area contributed by atoms with Crippen molar-refractivity contribution >= 4 is 5.91 Å². The van der Waals surface area contributed by atoms with Crippen LogP contribution in [0.4, 0.5) is 0 Å². The molecule has 5 nitrogen and oxygen atoms in total. The maximum Gasteiger partial charge on any atom is 0.232 e. The zero-order valence-corrected chi connectivity index (χ0v) is 10.9. The summed E-state index contributed by atoms with van der Waals surface area (Å²) in [5.74, 6) is 0.813. The molecule has 1 fully saturated rings. The van der Waals surface area contributed by atoms with Gasteiger partial charge in [0.05, 0.1) is 31.4 Å². The van der Waals surface area contributed by atoms with E-state index in [0.717, 1.165) is 5.76 Å². The number of amides is 1. The average molecular weight is 252 g/mol. The molecule has 0 aromatic carbocycles. The molecule has 1 aromatic rings. The smallest absolute Gasteiger partial charge is 0.232 e. The summed E-state index contributed by atoms with van der Waals surface area (Å²) in [5.41, 5.74) is 5.36. The molecule has 2 N–H and O–H groups in total. The van der Waals surface area contributed by atoms with Crippen LogP contribution in [0.3, 0.4) is 0 Å². The van der Waals surface area contributed by atoms with Gasteiger partial charge in [0.1, 0.15) is 5.76 Å². The third kappa shape index (κ3) is 2.28. The van der Waals surface area contributed by atoms with E-state index in [1.807, 2.05) is 26.0 Å². The minimum Gasteiger partial charge on any atom is -0.467 e. The van der Waals surface area contributed by atoms with Crippen LogP contribution in [0.1, 0.15) is 19.6 Å². The number of nitrogens with two attached hydrogens (primary N) is 1. The summed E-state index contributed by atoms with van der Waals surface area (Å²) in [4.78, 5) is 14.3. The fraction of sp³-hybridized carbons (Fsp3) is 0.615. The van der Waals surface area contributed by atoms with E-state index in [2.05, 4.69) is 0 Å². The van der Waals surface area contributed by atoms with Crippen molar-refractivity contribution in [2.45, 2.75) is 26.4 Å². The van der Waals surface area contributed by atoms with E-state index in [1.54, 1.807) is 11.2 Å². The van der Waals surface area contributed by atoms with Crippen LogP contribution in [-0.4, -0.2) is 36.6 Å². The van der Waals surface area contributed by atoms with E-state index in [1.165, 1.54) is 0 Å². The van der Waals surface area contributed by atoms with Gasteiger partial charge < -0.3 is 19.8 Å². The zero-order chi connectivity index (χ0) is 13.2. The predicted octanol–water partition coefficient (Wildman–Crippen LogP) is 0.992. The lowest BCUT2D eigenvalue weighted by molar-refractivity contribution is -0.142. The highest BCUT2D eigenvalue weighted by Gasteiger charge is 2.46. The van der Waals surface area contributed by atoms with Gasteiger partial charge in [-0.2, -0.15) is 0 Å². The van der Waals surface area contributed by atoms with E-state index < -0.39 is 5.41 Å². The van der Waals surface area contributed by atoms with Crippen LogP contribution in [0.15, 0.2) is 22.8 Å². The van der Waals surface area contributed by atoms with Crippen molar-refractivity contribution in [2.24, 2.45) is 11.1 Å². The molecule has 1 amide bonds. The Labute approximate surface area is 107 Å². The number of hydrogen-bond donors (Lipinski definition) is 1. The normalized spacial score (nSPS) is 27.4. The highest BCUT2D eigenvalue weighted by atomic mass is 16.5. The van der Waals surface area contributed by atoms with Crippen LogP contribution < -0.4 is 5.73 Å². The fourth-order valence-corrected chi connectivity index (χ4v) is 2.19. The Kier molecular flexibility index (Phi) is 3.73. The van der Waals surface area contributed by atoms with Crippen LogP contribution in [0.25, 0.3) is 0 Å². The summed E-state index contributed by atoms with van der Waals surface area (Å²) >= 11 is 0. The van der Waals surface area contributed by atoms with Gasteiger partial charge in [0.25, 0.3) is 0 Å². The van der Waals surface area contributed by atoms with Gasteiger partial charge >= 0.3 is 0 Å². The van der Waals surface area contributed by atoms with Gasteiger partial charge in [-0.3, -0.25) is 4.79 Å². The van der Waals surface area contributed by atoms with Crippen molar-refractivity contribution in [3.8, 4) is 0 Å². The van der Waals surface area contributed by atoms with Crippen LogP contribution in [0, 0.1) is 5.41 Å². The summed E-state index contributed by atoms with van der Waals surface area (Å²) < 4.78 is 10.6. The molecule has 100 valence electrons. The molecule has 1 aliphatic heterocycles. The van der Waals surface area contributed by atoms with Crippen molar-refractivity contribution < 1.29 is 13.9 Å². The second-order valence-corrected chi connectivity index (χ2v) is 4.94. The number of ether oxygens (including phenoxy) is 1. The first-order chi connectivity index (χ1) is 8.58. The molecule has 0 saturated carbocycles. The quantitative estimate of drug-likeness (QED) is 0.867. The standard InChI is InChI=1S/C13H20N2O3/c1-3-15(7-10-5-4-6-18-10)12(16)13(2)9-17-8-11(13)14/h4-6,11H,3,7-9,14H2,1-2H3. The summed E-state index contributed by atoms with van der Waals surface area (Å²) in [6.07, 6.45) is 1.61. The van der Waals surface area contributed by atoms with Gasteiger partial charge in [-0.15, -0.1) is 0 Å². The molecule has 1 aromatic heterocycles. The van der Waals surface area contributed by atoms with Crippen molar-refractivity contribution in [1.29, 1.82) is 0 Å². The Bertz CT molecular complexity index is 404. The fourth-order valence-electron chi connectivity index (χ4n) is 2.19. The van der Waals surface area contributed by atoms with Gasteiger partial charge in [0.15, 0.2) is 0 Å². The molecule has 18 heavy (non-hydrogen) atoms. The predicted molar refractivity (Wildman–Crippen MR) is 66.7 cm³/mol. The molecule has 0 bridgehead atoms. The summed E-state index contributed by atoms with van der Waals surface area (Å²) in [7, 11) is 0. The van der Waals surface area contributed by atoms with E-state index in [0.29, 0.717) is 26.3 Å². The molecule has 5 heteroatoms. The molecule has 2 unspecified atom stereocenters. The number of carbonyl (C=O) groups excluding carboxylic acids is 1. The third-order valence-corrected chi connectivity index (χ3v) is 3.60. The van der Waals surface area contributed by atoms with Crippen LogP contribution in [-0.2, 0) is 16.1 Å². The van der Waals surface area contributed by atoms with Gasteiger partial charge in [0, 0.05) is 12.6 Å². The monoisotopic (exact) mass is 252 g/mol. The SMILES string of the molecule is CCN(Cc1ccco1)C(=O)C1(C)COCC1N. The Morgan fingerprint density at radius 1 is 1.67 bits per heavy atom. The first-order valence-electron chi connectivity index (χ1n) is 6.23. The van der Waals surface area contributed by atoms with Gasteiger partial charge in [0.2, 0.25) is 5.91 Å². The Hall–Kier alpha value is -1.33. The summed E-state index contributed by atoms with van der Waals surface area (Å²) in [6, 6.07) is 3.44. The van der Waals surface area contributed by atoms with Crippen LogP contribution in [0.5, 0.6) is 0 Å². The molecule has 0 aliphatic carbocycles. The number of hydrogen-bond acceptors (Lipinski definition) is 4. The molecular weight excluding hydrogens is 232 g/mol. The van der Waals surface area contributed by atoms with Crippen molar-refractivity contribution in [1.82, 2.24) is 4.90 Å². The van der Waals surface area contributed by atoms with E-state index >= 15 is 0 Å². The lowest BCUT2D eigenvalue weighted by Gasteiger charge is -2.32. The van der Waals surface area contributed by atoms with Crippen molar-refractivity contribution in [3.63, 3.8) is 0 Å². The number of carbonyl (C=O) groups is 1. The van der Waals surface area contributed by atoms with Crippen molar-refractivity contribution in [2.75, 3.05) is 19.8 Å². The van der Waals surface area contributed by atoms with E-state index in [-0.39, 0.29) is 11.9 Å². The molecule has 2 rings (SSSR count). The van der Waals surface area contributed by atoms with E-state index in [4.69, 9.17) is 14.9 Å². The second kappa shape index (κ2) is 5.12. The molecular formula is C13H20N2O3. The Morgan fingerprint density at radius 2 is 2.44 bits per heavy atom. The average Bonchev–Trinajstić information content (AvgIpc) is 2.97. The number of nitrogens with zero attached hydrogens (tertiary/aromatic N) is 1. The first-order valence-corrected chi connectivity index (χ1v) is 6.23. The van der Waals surface area contributed by atoms with Crippen molar-refractivity contribution in [3.05, 3.63) is 24.2 Å². The van der Waals surface area contributed by atoms with Gasteiger partial charge in [-0.05, 0) is 26.0 Å². The molecule has 2 atom stereocenters. The van der Waals surface area contributed by atoms with Crippen LogP contribution >= 0.6 is 0 Å². The largest absolute Gasteiger partial charge is 0.467 e. The highest BCUT2D eigenvalue weighted by molar-refractivity contribution is 5.83. The lowest BCUT2D eigenvalue weighted by Crippen LogP contribution is -2.51. The Balaban J connectivity index is 2.10. The zero-order valence-electron chi connectivity index (χ0n) is 10.9. The molecule has 1 saturated heterocycles. The highest BCUT2D eigenvalue weighted by Crippen LogP contribution is 2.30. The molecule has 0 spiro atoms. The third-order valence-electron chi connectivity index (χ3n) is 3.60. The molecule has 1 aliphatic rings. The topological polar surface area (TPSA) is 68.7 Å². The molecule has 2 heterocycles. The van der Waals surface area contributed by atoms with E-state index in [9.17, 15) is 4.79 Å². The lowest BCUT2D eigenvalue weighted by atomic mass is 9.84. The number of rotatable bonds is 4. The first kappa shape index (κ1) is 13.1. The van der Waals surface area contributed by atoms with Gasteiger partial charge in [-0.1, -0.05) is 0 Å². The van der Waals surface area contributed by atoms with Gasteiger partial charge in [-0.25, -0.2) is 0 Å². The summed E-state index contributed by atoms with van der Waals surface area (Å²) in [6.45, 7) is 5.76. The Morgan fingerprint density at radius 3 is 2.94 bits per heavy atom. The maximum atomic E-state index is 12.6. The minimum absolute atomic E-state index is 0.0337. The molecule has 0 radical (unpaired) electrons. The second-order valence-electron chi connectivity index (χ2n) is 4.94. The number of furan rings is 1. The maximum absolute atomic E-state index is 12.6. The summed E-state index contributed by atoms with van der Waals surface area (Å²) in [5, 5.41) is 0.